The Morgan fingerprint density at radius 3 is 1.68 bits per heavy atom. The number of carbonyl (C=O) groups excluding carboxylic acids is 2. The zero-order chi connectivity index (χ0) is 18.7. The predicted octanol–water partition coefficient (Wildman–Crippen LogP) is 4.28. The van der Waals surface area contributed by atoms with Crippen LogP contribution in [0.25, 0.3) is 10.8 Å². The lowest BCUT2D eigenvalue weighted by molar-refractivity contribution is -0.138. The summed E-state index contributed by atoms with van der Waals surface area (Å²) in [5, 5.41) is 1.35. The van der Waals surface area contributed by atoms with E-state index < -0.39 is 0 Å². The topological polar surface area (TPSA) is 61.8 Å². The summed E-state index contributed by atoms with van der Waals surface area (Å²) in [6, 6.07) is 7.32. The molecule has 0 spiro atoms. The average Bonchev–Trinajstić information content (AvgIpc) is 2.58. The van der Waals surface area contributed by atoms with Crippen LogP contribution in [0.1, 0.15) is 33.3 Å². The zero-order valence-electron chi connectivity index (χ0n) is 15.5. The largest absolute Gasteiger partial charge is 0.492 e. The Morgan fingerprint density at radius 2 is 1.24 bits per heavy atom. The number of benzene rings is 2. The number of carbonyl (C=O) groups is 2. The first-order chi connectivity index (χ1) is 11.8. The van der Waals surface area contributed by atoms with E-state index in [0.717, 1.165) is 0 Å². The smallest absolute Gasteiger partial charge is 0.313 e. The van der Waals surface area contributed by atoms with Crippen LogP contribution in [0.4, 0.5) is 0 Å². The van der Waals surface area contributed by atoms with E-state index >= 15 is 0 Å². The third-order valence-corrected chi connectivity index (χ3v) is 3.86. The second-order valence-electron chi connectivity index (χ2n) is 6.51. The van der Waals surface area contributed by atoms with Gasteiger partial charge in [0.25, 0.3) is 0 Å². The Balaban J connectivity index is 2.71. The Hall–Kier alpha value is -2.56. The van der Waals surface area contributed by atoms with E-state index in [2.05, 4.69) is 0 Å². The summed E-state index contributed by atoms with van der Waals surface area (Å²) in [5.74, 6) is -0.0600. The molecule has 0 saturated heterocycles. The van der Waals surface area contributed by atoms with Crippen molar-refractivity contribution in [2.24, 2.45) is 11.8 Å². The monoisotopic (exact) mass is 344 g/mol. The van der Waals surface area contributed by atoms with Crippen molar-refractivity contribution in [2.75, 3.05) is 7.11 Å². The summed E-state index contributed by atoms with van der Waals surface area (Å²) >= 11 is 0. The first kappa shape index (κ1) is 18.8. The molecule has 0 amide bonds. The van der Waals surface area contributed by atoms with Gasteiger partial charge in [-0.25, -0.2) is 0 Å². The SMILES string of the molecule is COc1c(C)c(OC(=O)C(C)C)c2ccccc2c1OC(=O)C(C)C. The van der Waals surface area contributed by atoms with Crippen LogP contribution in [0.2, 0.25) is 0 Å². The van der Waals surface area contributed by atoms with E-state index in [1.165, 1.54) is 7.11 Å². The van der Waals surface area contributed by atoms with E-state index in [4.69, 9.17) is 14.2 Å². The number of esters is 2. The standard InChI is InChI=1S/C20H24O5/c1-11(2)19(21)24-16-13(5)17(23-6)18(25-20(22)12(3)4)15-10-8-7-9-14(15)16/h7-12H,1-6H3. The fourth-order valence-electron chi connectivity index (χ4n) is 2.39. The first-order valence-electron chi connectivity index (χ1n) is 8.30. The third kappa shape index (κ3) is 3.76. The van der Waals surface area contributed by atoms with Gasteiger partial charge >= 0.3 is 11.9 Å². The highest BCUT2D eigenvalue weighted by Gasteiger charge is 2.24. The number of rotatable bonds is 5. The average molecular weight is 344 g/mol. The van der Waals surface area contributed by atoms with Crippen molar-refractivity contribution in [3.05, 3.63) is 29.8 Å². The second-order valence-corrected chi connectivity index (χ2v) is 6.51. The van der Waals surface area contributed by atoms with Crippen LogP contribution < -0.4 is 14.2 Å². The van der Waals surface area contributed by atoms with Gasteiger partial charge in [0.15, 0.2) is 11.5 Å². The van der Waals surface area contributed by atoms with Crippen molar-refractivity contribution < 1.29 is 23.8 Å². The lowest BCUT2D eigenvalue weighted by Gasteiger charge is -2.19. The van der Waals surface area contributed by atoms with Gasteiger partial charge in [-0.15, -0.1) is 0 Å². The predicted molar refractivity (Wildman–Crippen MR) is 96.2 cm³/mol. The van der Waals surface area contributed by atoms with Gasteiger partial charge < -0.3 is 14.2 Å². The van der Waals surface area contributed by atoms with Gasteiger partial charge in [-0.1, -0.05) is 52.0 Å². The Labute approximate surface area is 147 Å². The van der Waals surface area contributed by atoms with Gasteiger partial charge in [-0.05, 0) is 6.92 Å². The van der Waals surface area contributed by atoms with E-state index in [0.29, 0.717) is 33.6 Å². The van der Waals surface area contributed by atoms with Crippen LogP contribution in [0.5, 0.6) is 17.2 Å². The summed E-state index contributed by atoms with van der Waals surface area (Å²) < 4.78 is 16.7. The van der Waals surface area contributed by atoms with E-state index in [-0.39, 0.29) is 23.8 Å². The van der Waals surface area contributed by atoms with E-state index in [1.54, 1.807) is 34.6 Å². The lowest BCUT2D eigenvalue weighted by atomic mass is 10.0. The van der Waals surface area contributed by atoms with Gasteiger partial charge in [0.2, 0.25) is 0 Å². The normalized spacial score (nSPS) is 11.0. The molecule has 0 bridgehead atoms. The molecule has 25 heavy (non-hydrogen) atoms. The van der Waals surface area contributed by atoms with Crippen molar-refractivity contribution in [3.63, 3.8) is 0 Å². The maximum Gasteiger partial charge on any atom is 0.313 e. The third-order valence-electron chi connectivity index (χ3n) is 3.86. The Kier molecular flexibility index (Phi) is 5.67. The molecule has 0 fully saturated rings. The van der Waals surface area contributed by atoms with Crippen molar-refractivity contribution in [1.29, 1.82) is 0 Å². The molecule has 2 aromatic carbocycles. The first-order valence-corrected chi connectivity index (χ1v) is 8.30. The van der Waals surface area contributed by atoms with Crippen molar-refractivity contribution in [1.82, 2.24) is 0 Å². The molecule has 0 radical (unpaired) electrons. The molecule has 2 aromatic rings. The minimum Gasteiger partial charge on any atom is -0.492 e. The summed E-state index contributed by atoms with van der Waals surface area (Å²) in [5.41, 5.74) is 0.613. The van der Waals surface area contributed by atoms with Crippen molar-refractivity contribution >= 4 is 22.7 Å². The molecule has 0 saturated carbocycles. The molecule has 0 aromatic heterocycles. The number of fused-ring (bicyclic) bond motifs is 1. The van der Waals surface area contributed by atoms with Crippen LogP contribution in [-0.2, 0) is 9.59 Å². The van der Waals surface area contributed by atoms with Gasteiger partial charge in [0.05, 0.1) is 18.9 Å². The number of methoxy groups -OCH3 is 1. The fraction of sp³-hybridized carbons (Fsp3) is 0.400. The molecule has 0 aliphatic heterocycles. The maximum atomic E-state index is 12.1. The summed E-state index contributed by atoms with van der Waals surface area (Å²) in [6.07, 6.45) is 0. The van der Waals surface area contributed by atoms with Gasteiger partial charge in [0.1, 0.15) is 5.75 Å². The van der Waals surface area contributed by atoms with Gasteiger partial charge in [-0.3, -0.25) is 9.59 Å². The maximum absolute atomic E-state index is 12.1. The molecule has 0 heterocycles. The Morgan fingerprint density at radius 1 is 0.800 bits per heavy atom. The Bertz CT molecular complexity index is 805. The summed E-state index contributed by atoms with van der Waals surface area (Å²) in [6.45, 7) is 8.86. The molecule has 5 nitrogen and oxygen atoms in total. The molecule has 134 valence electrons. The van der Waals surface area contributed by atoms with Crippen LogP contribution in [0.15, 0.2) is 24.3 Å². The highest BCUT2D eigenvalue weighted by atomic mass is 16.6. The fourth-order valence-corrected chi connectivity index (χ4v) is 2.39. The van der Waals surface area contributed by atoms with E-state index in [1.807, 2.05) is 24.3 Å². The molecule has 0 aliphatic carbocycles. The second kappa shape index (κ2) is 7.55. The quantitative estimate of drug-likeness (QED) is 0.598. The molecular formula is C20H24O5. The molecule has 0 atom stereocenters. The van der Waals surface area contributed by atoms with Gasteiger partial charge in [-0.2, -0.15) is 0 Å². The summed E-state index contributed by atoms with van der Waals surface area (Å²) in [7, 11) is 1.50. The van der Waals surface area contributed by atoms with Crippen LogP contribution in [0.3, 0.4) is 0 Å². The minimum atomic E-state index is -0.352. The van der Waals surface area contributed by atoms with Gasteiger partial charge in [0, 0.05) is 16.3 Å². The van der Waals surface area contributed by atoms with Crippen molar-refractivity contribution in [3.8, 4) is 17.2 Å². The highest BCUT2D eigenvalue weighted by molar-refractivity contribution is 6.00. The minimum absolute atomic E-state index is 0.261. The van der Waals surface area contributed by atoms with E-state index in [9.17, 15) is 9.59 Å². The molecule has 2 rings (SSSR count). The van der Waals surface area contributed by atoms with Crippen molar-refractivity contribution in [2.45, 2.75) is 34.6 Å². The molecular weight excluding hydrogens is 320 g/mol. The lowest BCUT2D eigenvalue weighted by Crippen LogP contribution is -2.17. The zero-order valence-corrected chi connectivity index (χ0v) is 15.5. The van der Waals surface area contributed by atoms with Crippen LogP contribution >= 0.6 is 0 Å². The van der Waals surface area contributed by atoms with Crippen LogP contribution in [-0.4, -0.2) is 19.0 Å². The number of hydrogen-bond donors (Lipinski definition) is 0. The number of ether oxygens (including phenoxy) is 3. The molecule has 5 heteroatoms. The molecule has 0 N–H and O–H groups in total. The highest BCUT2D eigenvalue weighted by Crippen LogP contribution is 2.45. The molecule has 0 aliphatic rings. The van der Waals surface area contributed by atoms with Crippen LogP contribution in [0, 0.1) is 18.8 Å². The summed E-state index contributed by atoms with van der Waals surface area (Å²) in [4.78, 5) is 24.2. The molecule has 0 unspecified atom stereocenters. The number of hydrogen-bond acceptors (Lipinski definition) is 5.